The summed E-state index contributed by atoms with van der Waals surface area (Å²) >= 11 is 0. The minimum atomic E-state index is -4.52. The highest BCUT2D eigenvalue weighted by molar-refractivity contribution is 5.75. The minimum absolute atomic E-state index is 0.0333. The molecule has 2 amide bonds. The Labute approximate surface area is 183 Å². The van der Waals surface area contributed by atoms with Gasteiger partial charge in [-0.3, -0.25) is 0 Å². The second-order valence-electron chi connectivity index (χ2n) is 8.71. The highest BCUT2D eigenvalue weighted by Gasteiger charge is 2.39. The van der Waals surface area contributed by atoms with E-state index in [0.29, 0.717) is 25.6 Å². The van der Waals surface area contributed by atoms with Gasteiger partial charge in [0.1, 0.15) is 11.4 Å². The van der Waals surface area contributed by atoms with Crippen LogP contribution in [0.5, 0.6) is 0 Å². The molecule has 0 spiro atoms. The summed E-state index contributed by atoms with van der Waals surface area (Å²) < 4.78 is 39.9. The number of fused-ring (bicyclic) bond motifs is 5. The smallest absolute Gasteiger partial charge is 0.367 e. The van der Waals surface area contributed by atoms with Crippen molar-refractivity contribution in [3.8, 4) is 0 Å². The number of nitrogens with zero attached hydrogens (tertiary/aromatic N) is 3. The van der Waals surface area contributed by atoms with Crippen molar-refractivity contribution in [2.75, 3.05) is 30.3 Å². The lowest BCUT2D eigenvalue weighted by Crippen LogP contribution is -2.45. The number of rotatable bonds is 5. The van der Waals surface area contributed by atoms with E-state index in [4.69, 9.17) is 0 Å². The average Bonchev–Trinajstić information content (AvgIpc) is 3.53. The van der Waals surface area contributed by atoms with Crippen LogP contribution < -0.4 is 16.0 Å². The molecule has 2 fully saturated rings. The molecule has 3 N–H and O–H groups in total. The van der Waals surface area contributed by atoms with Gasteiger partial charge in [0.15, 0.2) is 0 Å². The Balaban J connectivity index is 1.36. The van der Waals surface area contributed by atoms with Gasteiger partial charge in [-0.15, -0.1) is 0 Å². The Hall–Kier alpha value is -3.04. The third kappa shape index (κ3) is 4.05. The molecule has 10 heteroatoms. The maximum Gasteiger partial charge on any atom is 0.421 e. The number of hydrogen-bond acceptors (Lipinski definition) is 5. The Morgan fingerprint density at radius 3 is 2.62 bits per heavy atom. The van der Waals surface area contributed by atoms with Crippen LogP contribution in [0.2, 0.25) is 0 Å². The van der Waals surface area contributed by atoms with Gasteiger partial charge in [0.2, 0.25) is 5.95 Å². The van der Waals surface area contributed by atoms with Crippen LogP contribution >= 0.6 is 0 Å². The van der Waals surface area contributed by atoms with E-state index in [9.17, 15) is 18.0 Å². The second kappa shape index (κ2) is 7.83. The first-order valence-corrected chi connectivity index (χ1v) is 11.0. The predicted octanol–water partition coefficient (Wildman–Crippen LogP) is 4.43. The van der Waals surface area contributed by atoms with Gasteiger partial charge in [-0.05, 0) is 49.4 Å². The van der Waals surface area contributed by atoms with E-state index in [2.05, 4.69) is 25.9 Å². The highest BCUT2D eigenvalue weighted by Crippen LogP contribution is 2.47. The lowest BCUT2D eigenvalue weighted by Gasteiger charge is -2.32. The number of piperidine rings is 1. The van der Waals surface area contributed by atoms with Gasteiger partial charge in [0, 0.05) is 49.4 Å². The van der Waals surface area contributed by atoms with Crippen LogP contribution in [0.25, 0.3) is 0 Å². The monoisotopic (exact) mass is 446 g/mol. The fraction of sp³-hybridized carbons (Fsp3) is 0.500. The normalized spacial score (nSPS) is 21.8. The van der Waals surface area contributed by atoms with Crippen molar-refractivity contribution in [3.63, 3.8) is 0 Å². The SMILES string of the molecule is CCNC(=O)N1CC2CC(C1)c1cc(Nc3ncc(C(F)(F)F)c(NC4CC4)n3)ccc12. The highest BCUT2D eigenvalue weighted by atomic mass is 19.4. The molecular formula is C22H25F3N6O. The van der Waals surface area contributed by atoms with Gasteiger partial charge in [-0.25, -0.2) is 9.78 Å². The summed E-state index contributed by atoms with van der Waals surface area (Å²) in [5, 5.41) is 8.78. The number of likely N-dealkylation sites (tertiary alicyclic amines) is 1. The van der Waals surface area contributed by atoms with E-state index in [1.165, 1.54) is 11.1 Å². The number of nitrogens with one attached hydrogen (secondary N) is 3. The molecule has 1 saturated carbocycles. The van der Waals surface area contributed by atoms with Crippen molar-refractivity contribution in [1.82, 2.24) is 20.2 Å². The summed E-state index contributed by atoms with van der Waals surface area (Å²) in [5.41, 5.74) is 2.27. The molecule has 3 aliphatic rings. The van der Waals surface area contributed by atoms with Crippen molar-refractivity contribution >= 4 is 23.5 Å². The zero-order valence-electron chi connectivity index (χ0n) is 17.7. The van der Waals surface area contributed by atoms with Crippen LogP contribution in [0.3, 0.4) is 0 Å². The first kappa shape index (κ1) is 20.8. The van der Waals surface area contributed by atoms with E-state index < -0.39 is 11.7 Å². The van der Waals surface area contributed by atoms with Crippen LogP contribution in [0.4, 0.5) is 35.4 Å². The Kier molecular flexibility index (Phi) is 5.10. The summed E-state index contributed by atoms with van der Waals surface area (Å²) in [4.78, 5) is 22.2. The fourth-order valence-electron chi connectivity index (χ4n) is 4.67. The van der Waals surface area contributed by atoms with Crippen LogP contribution in [-0.2, 0) is 6.18 Å². The number of aromatic nitrogens is 2. The molecule has 0 radical (unpaired) electrons. The maximum atomic E-state index is 13.3. The number of amides is 2. The van der Waals surface area contributed by atoms with E-state index in [1.54, 1.807) is 0 Å². The molecule has 1 aromatic carbocycles. The first-order valence-electron chi connectivity index (χ1n) is 11.0. The molecule has 7 nitrogen and oxygen atoms in total. The number of benzene rings is 1. The van der Waals surface area contributed by atoms with Crippen molar-refractivity contribution in [1.29, 1.82) is 0 Å². The standard InChI is InChI=1S/C22H25F3N6O/c1-2-26-21(32)31-10-12-7-13(11-31)17-8-15(5-6-16(12)17)29-20-27-9-18(22(23,24)25)19(30-20)28-14-3-4-14/h5-6,8-9,12-14H,2-4,7,10-11H2,1H3,(H,26,32)(H2,27,28,29,30). The number of anilines is 3. The third-order valence-electron chi connectivity index (χ3n) is 6.30. The van der Waals surface area contributed by atoms with Crippen molar-refractivity contribution in [2.45, 2.75) is 50.2 Å². The molecule has 2 bridgehead atoms. The molecule has 1 saturated heterocycles. The summed E-state index contributed by atoms with van der Waals surface area (Å²) in [7, 11) is 0. The number of hydrogen-bond donors (Lipinski definition) is 3. The van der Waals surface area contributed by atoms with Gasteiger partial charge in [0.25, 0.3) is 0 Å². The molecule has 32 heavy (non-hydrogen) atoms. The topological polar surface area (TPSA) is 82.2 Å². The molecule has 2 atom stereocenters. The molecule has 2 aliphatic carbocycles. The van der Waals surface area contributed by atoms with Crippen molar-refractivity contribution in [3.05, 3.63) is 41.1 Å². The van der Waals surface area contributed by atoms with E-state index in [0.717, 1.165) is 31.1 Å². The summed E-state index contributed by atoms with van der Waals surface area (Å²) in [6.45, 7) is 3.85. The minimum Gasteiger partial charge on any atom is -0.367 e. The largest absolute Gasteiger partial charge is 0.421 e. The van der Waals surface area contributed by atoms with Gasteiger partial charge >= 0.3 is 12.2 Å². The van der Waals surface area contributed by atoms with E-state index in [1.807, 2.05) is 30.0 Å². The number of halogens is 3. The number of carbonyl (C=O) groups excluding carboxylic acids is 1. The van der Waals surface area contributed by atoms with E-state index >= 15 is 0 Å². The zero-order chi connectivity index (χ0) is 22.5. The lowest BCUT2D eigenvalue weighted by molar-refractivity contribution is -0.137. The second-order valence-corrected chi connectivity index (χ2v) is 8.71. The van der Waals surface area contributed by atoms with Gasteiger partial charge in [-0.2, -0.15) is 18.2 Å². The lowest BCUT2D eigenvalue weighted by atomic mass is 9.96. The van der Waals surface area contributed by atoms with Crippen LogP contribution in [-0.4, -0.2) is 46.6 Å². The van der Waals surface area contributed by atoms with Gasteiger partial charge < -0.3 is 20.9 Å². The molecule has 1 aromatic heterocycles. The Morgan fingerprint density at radius 2 is 1.94 bits per heavy atom. The number of alkyl halides is 3. The van der Waals surface area contributed by atoms with Crippen LogP contribution in [0.1, 0.15) is 54.7 Å². The van der Waals surface area contributed by atoms with Crippen molar-refractivity contribution < 1.29 is 18.0 Å². The zero-order valence-corrected chi connectivity index (χ0v) is 17.7. The molecule has 1 aliphatic heterocycles. The number of urea groups is 1. The third-order valence-corrected chi connectivity index (χ3v) is 6.30. The fourth-order valence-corrected chi connectivity index (χ4v) is 4.67. The van der Waals surface area contributed by atoms with Crippen molar-refractivity contribution in [2.24, 2.45) is 0 Å². The van der Waals surface area contributed by atoms with Gasteiger partial charge in [-0.1, -0.05) is 6.07 Å². The van der Waals surface area contributed by atoms with Gasteiger partial charge in [0.05, 0.1) is 0 Å². The first-order chi connectivity index (χ1) is 15.3. The molecule has 2 aromatic rings. The van der Waals surface area contributed by atoms with Crippen LogP contribution in [0.15, 0.2) is 24.4 Å². The average molecular weight is 446 g/mol. The molecule has 170 valence electrons. The summed E-state index contributed by atoms with van der Waals surface area (Å²) in [6.07, 6.45) is -1.02. The summed E-state index contributed by atoms with van der Waals surface area (Å²) in [5.74, 6) is 0.476. The van der Waals surface area contributed by atoms with E-state index in [-0.39, 0.29) is 29.8 Å². The van der Waals surface area contributed by atoms with Crippen LogP contribution in [0, 0.1) is 0 Å². The Bertz CT molecular complexity index is 1040. The maximum absolute atomic E-state index is 13.3. The Morgan fingerprint density at radius 1 is 1.19 bits per heavy atom. The summed E-state index contributed by atoms with van der Waals surface area (Å²) in [6, 6.07) is 5.94. The predicted molar refractivity (Wildman–Crippen MR) is 114 cm³/mol. The molecule has 2 unspecified atom stereocenters. The molecule has 2 heterocycles. The molecule has 5 rings (SSSR count). The quantitative estimate of drug-likeness (QED) is 0.633. The number of carbonyl (C=O) groups is 1. The molecular weight excluding hydrogens is 421 g/mol.